The van der Waals surface area contributed by atoms with E-state index < -0.39 is 45.5 Å². The lowest BCUT2D eigenvalue weighted by atomic mass is 10.2. The number of hydrogen-bond donors (Lipinski definition) is 2. The van der Waals surface area contributed by atoms with Crippen molar-refractivity contribution in [3.8, 4) is 0 Å². The van der Waals surface area contributed by atoms with E-state index in [0.717, 1.165) is 39.3 Å². The van der Waals surface area contributed by atoms with Crippen molar-refractivity contribution >= 4 is 66.2 Å². The molecule has 13 heteroatoms. The molecule has 0 bridgehead atoms. The summed E-state index contributed by atoms with van der Waals surface area (Å²) >= 11 is 11.3. The van der Waals surface area contributed by atoms with E-state index in [0.29, 0.717) is 5.82 Å². The van der Waals surface area contributed by atoms with Crippen molar-refractivity contribution in [1.82, 2.24) is 9.97 Å². The van der Waals surface area contributed by atoms with Gasteiger partial charge in [-0.3, -0.25) is 9.59 Å². The zero-order chi connectivity index (χ0) is 27.5. The number of carbonyl (C=O) groups is 2. The number of aromatic nitrogens is 2. The van der Waals surface area contributed by atoms with Crippen molar-refractivity contribution < 1.29 is 27.2 Å². The number of hydrogen-bond acceptors (Lipinski definition) is 5. The first-order chi connectivity index (χ1) is 17.5. The zero-order valence-corrected chi connectivity index (χ0v) is 22.3. The molecule has 0 fully saturated rings. The van der Waals surface area contributed by atoms with Gasteiger partial charge in [0.1, 0.15) is 46.0 Å². The van der Waals surface area contributed by atoms with E-state index in [2.05, 4.69) is 47.1 Å². The molecule has 1 amide bonds. The highest BCUT2D eigenvalue weighted by Gasteiger charge is 2.17. The molecule has 37 heavy (non-hydrogen) atoms. The summed E-state index contributed by atoms with van der Waals surface area (Å²) in [5.41, 5.74) is 3.97. The summed E-state index contributed by atoms with van der Waals surface area (Å²) in [5, 5.41) is 1.19. The Morgan fingerprint density at radius 1 is 0.730 bits per heavy atom. The summed E-state index contributed by atoms with van der Waals surface area (Å²) in [6.45, 7) is 0. The second-order valence-corrected chi connectivity index (χ2v) is 8.86. The van der Waals surface area contributed by atoms with Crippen LogP contribution in [0.15, 0.2) is 82.0 Å². The minimum absolute atomic E-state index is 0.214. The largest absolute Gasteiger partial charge is 0.384 e. The zero-order valence-electron chi connectivity index (χ0n) is 18.4. The van der Waals surface area contributed by atoms with Gasteiger partial charge in [-0.25, -0.2) is 27.5 Å². The van der Waals surface area contributed by atoms with Gasteiger partial charge >= 0.3 is 0 Å². The number of benzene rings is 2. The summed E-state index contributed by atoms with van der Waals surface area (Å²) in [6.07, 6.45) is 3.13. The third-order valence-corrected chi connectivity index (χ3v) is 5.20. The van der Waals surface area contributed by atoms with Crippen LogP contribution in [0, 0.1) is 23.3 Å². The SMILES string of the molecule is Nc1ccc(Br)cn1.O=C(Cl)c1c(F)cccc1F.O=C(Nc1ccc(Br)cn1)c1c(F)cccc1F. The Hall–Kier alpha value is -3.35. The number of halogens is 7. The smallest absolute Gasteiger partial charge is 0.262 e. The van der Waals surface area contributed by atoms with Crippen molar-refractivity contribution in [2.45, 2.75) is 0 Å². The van der Waals surface area contributed by atoms with E-state index in [-0.39, 0.29) is 5.82 Å². The monoisotopic (exact) mass is 660 g/mol. The van der Waals surface area contributed by atoms with Gasteiger partial charge in [0.05, 0.1) is 0 Å². The number of nitrogen functional groups attached to an aromatic ring is 1. The molecule has 0 saturated heterocycles. The molecule has 0 aliphatic rings. The Kier molecular flexibility index (Phi) is 11.6. The van der Waals surface area contributed by atoms with Crippen LogP contribution in [0.4, 0.5) is 29.2 Å². The molecule has 4 rings (SSSR count). The van der Waals surface area contributed by atoms with Crippen molar-refractivity contribution in [2.75, 3.05) is 11.1 Å². The van der Waals surface area contributed by atoms with Gasteiger partial charge in [-0.15, -0.1) is 0 Å². The van der Waals surface area contributed by atoms with Crippen molar-refractivity contribution in [1.29, 1.82) is 0 Å². The second-order valence-electron chi connectivity index (χ2n) is 6.68. The van der Waals surface area contributed by atoms with Crippen LogP contribution in [0.25, 0.3) is 0 Å². The number of pyridine rings is 2. The van der Waals surface area contributed by atoms with Gasteiger partial charge in [0.25, 0.3) is 11.1 Å². The van der Waals surface area contributed by atoms with Crippen LogP contribution in [0.1, 0.15) is 20.7 Å². The molecule has 0 spiro atoms. The van der Waals surface area contributed by atoms with Crippen molar-refractivity contribution in [2.24, 2.45) is 0 Å². The topological polar surface area (TPSA) is 98.0 Å². The van der Waals surface area contributed by atoms with Crippen LogP contribution in [0.3, 0.4) is 0 Å². The van der Waals surface area contributed by atoms with E-state index in [1.54, 1.807) is 18.3 Å². The minimum atomic E-state index is -1.12. The third-order valence-electron chi connectivity index (χ3n) is 4.07. The predicted octanol–water partition coefficient (Wildman–Crippen LogP) is 7.14. The maximum atomic E-state index is 13.3. The van der Waals surface area contributed by atoms with Gasteiger partial charge in [-0.2, -0.15) is 0 Å². The summed E-state index contributed by atoms with van der Waals surface area (Å²) in [6, 6.07) is 13.1. The number of nitrogens with zero attached hydrogens (tertiary/aromatic N) is 2. The van der Waals surface area contributed by atoms with Gasteiger partial charge in [-0.1, -0.05) is 12.1 Å². The Balaban J connectivity index is 0.000000215. The van der Waals surface area contributed by atoms with E-state index in [9.17, 15) is 27.2 Å². The first-order valence-electron chi connectivity index (χ1n) is 9.87. The average Bonchev–Trinajstić information content (AvgIpc) is 2.83. The lowest BCUT2D eigenvalue weighted by Gasteiger charge is -2.06. The van der Waals surface area contributed by atoms with E-state index >= 15 is 0 Å². The molecular formula is C24H15Br2ClF4N4O2. The first kappa shape index (κ1) is 29.9. The molecule has 2 aromatic carbocycles. The van der Waals surface area contributed by atoms with Gasteiger partial charge in [0, 0.05) is 21.3 Å². The summed E-state index contributed by atoms with van der Waals surface area (Å²) in [7, 11) is 0. The number of anilines is 2. The van der Waals surface area contributed by atoms with Gasteiger partial charge in [0.2, 0.25) is 0 Å². The molecule has 0 radical (unpaired) electrons. The first-order valence-corrected chi connectivity index (χ1v) is 11.8. The van der Waals surface area contributed by atoms with E-state index in [1.807, 2.05) is 6.07 Å². The fourth-order valence-corrected chi connectivity index (χ4v) is 3.07. The third kappa shape index (κ3) is 9.56. The molecule has 2 heterocycles. The van der Waals surface area contributed by atoms with Crippen molar-refractivity contribution in [3.05, 3.63) is 116 Å². The Bertz CT molecular complexity index is 1320. The molecule has 2 aromatic heterocycles. The molecule has 0 saturated carbocycles. The molecule has 6 nitrogen and oxygen atoms in total. The predicted molar refractivity (Wildman–Crippen MR) is 139 cm³/mol. The fraction of sp³-hybridized carbons (Fsp3) is 0. The number of nitrogens with one attached hydrogen (secondary N) is 1. The normalized spacial score (nSPS) is 9.81. The van der Waals surface area contributed by atoms with Crippen LogP contribution in [-0.2, 0) is 0 Å². The van der Waals surface area contributed by atoms with Gasteiger partial charge in [-0.05, 0) is 92.0 Å². The molecule has 0 aliphatic heterocycles. The summed E-state index contributed by atoms with van der Waals surface area (Å²) < 4.78 is 53.5. The van der Waals surface area contributed by atoms with Crippen molar-refractivity contribution in [3.63, 3.8) is 0 Å². The number of rotatable bonds is 3. The number of carbonyl (C=O) groups excluding carboxylic acids is 2. The standard InChI is InChI=1S/C12H7BrF2N2O.C7H3ClF2O.C5H5BrN2/c13-7-4-5-10(16-6-7)17-12(18)11-8(14)2-1-3-9(11)15;8-7(11)6-4(9)2-1-3-5(6)10;6-4-1-2-5(7)8-3-4/h1-6H,(H,16,17,18);1-3H;1-3H,(H2,7,8). The molecule has 192 valence electrons. The number of amides is 1. The second kappa shape index (κ2) is 14.4. The quantitative estimate of drug-likeness (QED) is 0.180. The Morgan fingerprint density at radius 2 is 1.19 bits per heavy atom. The van der Waals surface area contributed by atoms with Crippen LogP contribution >= 0.6 is 43.5 Å². The van der Waals surface area contributed by atoms with Crippen LogP contribution in [0.2, 0.25) is 0 Å². The highest BCUT2D eigenvalue weighted by molar-refractivity contribution is 9.10. The lowest BCUT2D eigenvalue weighted by Crippen LogP contribution is -2.16. The van der Waals surface area contributed by atoms with Gasteiger partial charge in [0.15, 0.2) is 0 Å². The van der Waals surface area contributed by atoms with E-state index in [1.165, 1.54) is 18.3 Å². The molecule has 3 N–H and O–H groups in total. The molecule has 4 aromatic rings. The lowest BCUT2D eigenvalue weighted by molar-refractivity contribution is 0.101. The molecule has 0 atom stereocenters. The Morgan fingerprint density at radius 3 is 1.54 bits per heavy atom. The van der Waals surface area contributed by atoms with E-state index in [4.69, 9.17) is 17.3 Å². The van der Waals surface area contributed by atoms with Crippen LogP contribution in [0.5, 0.6) is 0 Å². The van der Waals surface area contributed by atoms with Crippen LogP contribution < -0.4 is 11.1 Å². The maximum absolute atomic E-state index is 13.3. The van der Waals surface area contributed by atoms with Crippen LogP contribution in [-0.4, -0.2) is 21.1 Å². The molecule has 0 unspecified atom stereocenters. The summed E-state index contributed by atoms with van der Waals surface area (Å²) in [4.78, 5) is 29.8. The highest BCUT2D eigenvalue weighted by Crippen LogP contribution is 2.16. The minimum Gasteiger partial charge on any atom is -0.384 e. The fourth-order valence-electron chi connectivity index (χ4n) is 2.42. The molecular weight excluding hydrogens is 648 g/mol. The Labute approximate surface area is 230 Å². The summed E-state index contributed by atoms with van der Waals surface area (Å²) in [5.74, 6) is -3.82. The molecule has 0 aliphatic carbocycles. The highest BCUT2D eigenvalue weighted by atomic mass is 79.9. The number of nitrogens with two attached hydrogens (primary N) is 1. The average molecular weight is 663 g/mol. The van der Waals surface area contributed by atoms with Gasteiger partial charge < -0.3 is 11.1 Å². The maximum Gasteiger partial charge on any atom is 0.262 e.